The van der Waals surface area contributed by atoms with Gasteiger partial charge in [-0.1, -0.05) is 86.1 Å². The Morgan fingerprint density at radius 1 is 0.875 bits per heavy atom. The molecule has 3 rings (SSSR count). The minimum absolute atomic E-state index is 0.169. The molecule has 214 valence electrons. The first-order chi connectivity index (χ1) is 18.9. The van der Waals surface area contributed by atoms with Gasteiger partial charge in [0.1, 0.15) is 12.6 Å². The first kappa shape index (κ1) is 30.9. The molecule has 0 aliphatic carbocycles. The Morgan fingerprint density at radius 2 is 1.52 bits per heavy atom. The summed E-state index contributed by atoms with van der Waals surface area (Å²) in [4.78, 5) is 29.4. The van der Waals surface area contributed by atoms with Gasteiger partial charge in [0.05, 0.1) is 11.9 Å². The predicted molar refractivity (Wildman–Crippen MR) is 162 cm³/mol. The van der Waals surface area contributed by atoms with E-state index in [2.05, 4.69) is 5.32 Å². The third-order valence-corrected chi connectivity index (χ3v) is 7.98. The van der Waals surface area contributed by atoms with Gasteiger partial charge in [-0.3, -0.25) is 13.9 Å². The molecule has 0 spiro atoms. The Kier molecular flexibility index (Phi) is 10.5. The van der Waals surface area contributed by atoms with E-state index in [-0.39, 0.29) is 18.4 Å². The molecule has 0 bridgehead atoms. The molecule has 0 heterocycles. The summed E-state index contributed by atoms with van der Waals surface area (Å²) in [5.41, 5.74) is 4.97. The van der Waals surface area contributed by atoms with Crippen LogP contribution in [0, 0.1) is 26.7 Å². The SMILES string of the molecule is Cc1ccc(N(CC(=O)N(Cc2ccccc2C)[C@H](Cc2ccccc2)C(=O)NCC(C)C)S(C)(=O)=O)c(C)c1. The van der Waals surface area contributed by atoms with Gasteiger partial charge in [-0.05, 0) is 55.0 Å². The highest BCUT2D eigenvalue weighted by Crippen LogP contribution is 2.25. The molecule has 2 amide bonds. The number of rotatable bonds is 12. The number of nitrogens with zero attached hydrogens (tertiary/aromatic N) is 2. The zero-order valence-corrected chi connectivity index (χ0v) is 25.2. The van der Waals surface area contributed by atoms with E-state index in [0.717, 1.165) is 38.4 Å². The van der Waals surface area contributed by atoms with Crippen LogP contribution < -0.4 is 9.62 Å². The zero-order valence-electron chi connectivity index (χ0n) is 24.3. The van der Waals surface area contributed by atoms with Gasteiger partial charge < -0.3 is 10.2 Å². The van der Waals surface area contributed by atoms with Gasteiger partial charge in [0.25, 0.3) is 0 Å². The molecule has 7 nitrogen and oxygen atoms in total. The van der Waals surface area contributed by atoms with Crippen molar-refractivity contribution in [1.29, 1.82) is 0 Å². The van der Waals surface area contributed by atoms with Crippen LogP contribution in [-0.4, -0.2) is 50.5 Å². The van der Waals surface area contributed by atoms with E-state index in [0.29, 0.717) is 18.7 Å². The lowest BCUT2D eigenvalue weighted by atomic mass is 10.0. The van der Waals surface area contributed by atoms with Gasteiger partial charge in [0.2, 0.25) is 21.8 Å². The van der Waals surface area contributed by atoms with Crippen LogP contribution >= 0.6 is 0 Å². The molecular weight excluding hydrogens is 522 g/mol. The number of nitrogens with one attached hydrogen (secondary N) is 1. The van der Waals surface area contributed by atoms with Crippen molar-refractivity contribution in [2.24, 2.45) is 5.92 Å². The lowest BCUT2D eigenvalue weighted by molar-refractivity contribution is -0.140. The van der Waals surface area contributed by atoms with Crippen LogP contribution in [0.4, 0.5) is 5.69 Å². The van der Waals surface area contributed by atoms with E-state index in [4.69, 9.17) is 0 Å². The Morgan fingerprint density at radius 3 is 2.12 bits per heavy atom. The molecule has 0 aliphatic heterocycles. The van der Waals surface area contributed by atoms with Crippen molar-refractivity contribution in [3.63, 3.8) is 0 Å². The number of amides is 2. The summed E-state index contributed by atoms with van der Waals surface area (Å²) >= 11 is 0. The van der Waals surface area contributed by atoms with Crippen LogP contribution in [0.1, 0.15) is 41.7 Å². The molecule has 0 fully saturated rings. The Balaban J connectivity index is 2.08. The number of hydrogen-bond acceptors (Lipinski definition) is 4. The Bertz CT molecular complexity index is 1420. The molecule has 0 aliphatic rings. The molecule has 0 unspecified atom stereocenters. The predicted octanol–water partition coefficient (Wildman–Crippen LogP) is 4.79. The second-order valence-electron chi connectivity index (χ2n) is 10.9. The largest absolute Gasteiger partial charge is 0.354 e. The minimum atomic E-state index is -3.80. The third-order valence-electron chi connectivity index (χ3n) is 6.86. The normalized spacial score (nSPS) is 12.2. The fourth-order valence-corrected chi connectivity index (χ4v) is 5.53. The van der Waals surface area contributed by atoms with Crippen molar-refractivity contribution < 1.29 is 18.0 Å². The molecular formula is C32H41N3O4S. The average molecular weight is 564 g/mol. The highest BCUT2D eigenvalue weighted by atomic mass is 32.2. The van der Waals surface area contributed by atoms with Gasteiger partial charge in [-0.2, -0.15) is 0 Å². The first-order valence-corrected chi connectivity index (χ1v) is 15.4. The molecule has 1 atom stereocenters. The smallest absolute Gasteiger partial charge is 0.244 e. The van der Waals surface area contributed by atoms with Crippen molar-refractivity contribution in [3.05, 3.63) is 101 Å². The molecule has 40 heavy (non-hydrogen) atoms. The van der Waals surface area contributed by atoms with E-state index in [1.54, 1.807) is 6.07 Å². The number of anilines is 1. The molecule has 8 heteroatoms. The van der Waals surface area contributed by atoms with Gasteiger partial charge in [-0.15, -0.1) is 0 Å². The molecule has 1 N–H and O–H groups in total. The summed E-state index contributed by atoms with van der Waals surface area (Å²) in [7, 11) is -3.80. The maximum Gasteiger partial charge on any atom is 0.244 e. The molecule has 0 radical (unpaired) electrons. The summed E-state index contributed by atoms with van der Waals surface area (Å²) in [5, 5.41) is 3.00. The second kappa shape index (κ2) is 13.6. The van der Waals surface area contributed by atoms with Crippen LogP contribution in [0.5, 0.6) is 0 Å². The summed E-state index contributed by atoms with van der Waals surface area (Å²) in [6.45, 7) is 9.96. The van der Waals surface area contributed by atoms with E-state index >= 15 is 0 Å². The quantitative estimate of drug-likeness (QED) is 0.343. The van der Waals surface area contributed by atoms with E-state index < -0.39 is 28.5 Å². The van der Waals surface area contributed by atoms with Crippen LogP contribution in [0.15, 0.2) is 72.8 Å². The van der Waals surface area contributed by atoms with Gasteiger partial charge in [0, 0.05) is 19.5 Å². The highest BCUT2D eigenvalue weighted by molar-refractivity contribution is 7.92. The highest BCUT2D eigenvalue weighted by Gasteiger charge is 2.33. The molecule has 0 aromatic heterocycles. The monoisotopic (exact) mass is 563 g/mol. The van der Waals surface area contributed by atoms with Crippen LogP contribution in [0.25, 0.3) is 0 Å². The van der Waals surface area contributed by atoms with Gasteiger partial charge >= 0.3 is 0 Å². The standard InChI is InChI=1S/C32H41N3O4S/c1-23(2)20-33-32(37)30(19-27-13-8-7-9-14-27)34(21-28-15-11-10-12-25(28)4)31(36)22-35(40(6,38)39)29-17-16-24(3)18-26(29)5/h7-18,23,30H,19-22H2,1-6H3,(H,33,37)/t30-/m1/s1. The summed E-state index contributed by atoms with van der Waals surface area (Å²) < 4.78 is 27.1. The summed E-state index contributed by atoms with van der Waals surface area (Å²) in [6, 6.07) is 21.9. The fraction of sp³-hybridized carbons (Fsp3) is 0.375. The van der Waals surface area contributed by atoms with E-state index in [1.165, 1.54) is 4.90 Å². The van der Waals surface area contributed by atoms with Crippen LogP contribution in [0.2, 0.25) is 0 Å². The number of hydrogen-bond donors (Lipinski definition) is 1. The summed E-state index contributed by atoms with van der Waals surface area (Å²) in [6.07, 6.45) is 1.40. The maximum atomic E-state index is 14.2. The second-order valence-corrected chi connectivity index (χ2v) is 12.8. The van der Waals surface area contributed by atoms with Gasteiger partial charge in [0.15, 0.2) is 0 Å². The number of benzene rings is 3. The minimum Gasteiger partial charge on any atom is -0.354 e. The fourth-order valence-electron chi connectivity index (χ4n) is 4.63. The van der Waals surface area contributed by atoms with Crippen molar-refractivity contribution in [2.75, 3.05) is 23.7 Å². The molecule has 0 saturated carbocycles. The van der Waals surface area contributed by atoms with Gasteiger partial charge in [-0.25, -0.2) is 8.42 Å². The first-order valence-electron chi connectivity index (χ1n) is 13.6. The van der Waals surface area contributed by atoms with Crippen molar-refractivity contribution >= 4 is 27.5 Å². The number of sulfonamides is 1. The third kappa shape index (κ3) is 8.42. The maximum absolute atomic E-state index is 14.2. The molecule has 3 aromatic carbocycles. The summed E-state index contributed by atoms with van der Waals surface area (Å²) in [5.74, 6) is -0.488. The van der Waals surface area contributed by atoms with Crippen molar-refractivity contribution in [2.45, 2.75) is 53.6 Å². The van der Waals surface area contributed by atoms with Crippen molar-refractivity contribution in [1.82, 2.24) is 10.2 Å². The van der Waals surface area contributed by atoms with E-state index in [9.17, 15) is 18.0 Å². The zero-order chi connectivity index (χ0) is 29.4. The average Bonchev–Trinajstić information content (AvgIpc) is 2.89. The number of aryl methyl sites for hydroxylation is 3. The Labute approximate surface area is 239 Å². The van der Waals surface area contributed by atoms with Crippen LogP contribution in [-0.2, 0) is 32.6 Å². The number of carbonyl (C=O) groups excluding carboxylic acids is 2. The molecule has 0 saturated heterocycles. The topological polar surface area (TPSA) is 86.8 Å². The van der Waals surface area contributed by atoms with Crippen LogP contribution in [0.3, 0.4) is 0 Å². The molecule has 3 aromatic rings. The Hall–Kier alpha value is -3.65. The lowest BCUT2D eigenvalue weighted by Crippen LogP contribution is -2.53. The lowest BCUT2D eigenvalue weighted by Gasteiger charge is -2.34. The van der Waals surface area contributed by atoms with Crippen molar-refractivity contribution in [3.8, 4) is 0 Å². The number of carbonyl (C=O) groups is 2. The van der Waals surface area contributed by atoms with E-state index in [1.807, 2.05) is 101 Å².